The number of furan rings is 1. The standard InChI is InChI=1S/C10H14BrNO5S/c11-10-9(3-8(5-13)17-10)18(14,15)12-4-7-1-2-16-6-7/h3,7,12-13H,1-2,4-6H2. The van der Waals surface area contributed by atoms with Crippen LogP contribution in [0.3, 0.4) is 0 Å². The first-order valence-corrected chi connectivity index (χ1v) is 7.77. The average molecular weight is 340 g/mol. The minimum Gasteiger partial charge on any atom is -0.450 e. The second-order valence-electron chi connectivity index (χ2n) is 4.09. The molecule has 0 saturated carbocycles. The molecule has 1 aromatic heterocycles. The molecule has 1 atom stereocenters. The molecule has 0 radical (unpaired) electrons. The summed E-state index contributed by atoms with van der Waals surface area (Å²) in [7, 11) is -3.62. The lowest BCUT2D eigenvalue weighted by molar-refractivity contribution is 0.186. The monoisotopic (exact) mass is 339 g/mol. The van der Waals surface area contributed by atoms with Crippen LogP contribution in [0.1, 0.15) is 12.2 Å². The fourth-order valence-corrected chi connectivity index (χ4v) is 3.82. The van der Waals surface area contributed by atoms with Gasteiger partial charge in [-0.15, -0.1) is 0 Å². The van der Waals surface area contributed by atoms with E-state index in [9.17, 15) is 8.42 Å². The predicted octanol–water partition coefficient (Wildman–Crippen LogP) is 0.849. The lowest BCUT2D eigenvalue weighted by Crippen LogP contribution is -2.29. The molecule has 2 rings (SSSR count). The molecule has 0 aromatic carbocycles. The summed E-state index contributed by atoms with van der Waals surface area (Å²) in [6.07, 6.45) is 0.858. The highest BCUT2D eigenvalue weighted by Crippen LogP contribution is 2.26. The molecule has 8 heteroatoms. The van der Waals surface area contributed by atoms with Crippen LogP contribution < -0.4 is 4.72 Å². The van der Waals surface area contributed by atoms with Gasteiger partial charge in [0.05, 0.1) is 6.61 Å². The third-order valence-electron chi connectivity index (χ3n) is 2.74. The summed E-state index contributed by atoms with van der Waals surface area (Å²) in [6.45, 7) is 1.26. The summed E-state index contributed by atoms with van der Waals surface area (Å²) in [5.74, 6) is 0.411. The topological polar surface area (TPSA) is 88.8 Å². The third kappa shape index (κ3) is 3.12. The number of halogens is 1. The van der Waals surface area contributed by atoms with Crippen molar-refractivity contribution in [3.8, 4) is 0 Å². The number of ether oxygens (including phenoxy) is 1. The Morgan fingerprint density at radius 2 is 2.33 bits per heavy atom. The van der Waals surface area contributed by atoms with E-state index >= 15 is 0 Å². The minimum atomic E-state index is -3.62. The highest BCUT2D eigenvalue weighted by Gasteiger charge is 2.24. The molecule has 1 aliphatic rings. The molecule has 1 aliphatic heterocycles. The Kier molecular flexibility index (Phi) is 4.44. The van der Waals surface area contributed by atoms with Gasteiger partial charge >= 0.3 is 0 Å². The first-order chi connectivity index (χ1) is 8.53. The Hall–Kier alpha value is -0.410. The molecule has 2 heterocycles. The molecule has 1 saturated heterocycles. The van der Waals surface area contributed by atoms with E-state index in [1.165, 1.54) is 6.07 Å². The normalized spacial score (nSPS) is 20.4. The van der Waals surface area contributed by atoms with E-state index in [-0.39, 0.29) is 27.9 Å². The van der Waals surface area contributed by atoms with Crippen LogP contribution in [0.4, 0.5) is 0 Å². The van der Waals surface area contributed by atoms with Crippen LogP contribution in [0.5, 0.6) is 0 Å². The Labute approximate surface area is 113 Å². The highest BCUT2D eigenvalue weighted by atomic mass is 79.9. The second-order valence-corrected chi connectivity index (χ2v) is 6.55. The molecule has 0 bridgehead atoms. The number of aliphatic hydroxyl groups is 1. The SMILES string of the molecule is O=S(=O)(NCC1CCOC1)c1cc(CO)oc1Br. The quantitative estimate of drug-likeness (QED) is 0.830. The maximum Gasteiger partial charge on any atom is 0.244 e. The molecule has 18 heavy (non-hydrogen) atoms. The van der Waals surface area contributed by atoms with Crippen LogP contribution in [0.25, 0.3) is 0 Å². The van der Waals surface area contributed by atoms with Gasteiger partial charge in [-0.25, -0.2) is 13.1 Å². The molecule has 102 valence electrons. The van der Waals surface area contributed by atoms with Crippen molar-refractivity contribution in [3.63, 3.8) is 0 Å². The van der Waals surface area contributed by atoms with Gasteiger partial charge in [0, 0.05) is 19.2 Å². The zero-order valence-corrected chi connectivity index (χ0v) is 12.0. The average Bonchev–Trinajstić information content (AvgIpc) is 2.95. The Morgan fingerprint density at radius 1 is 1.56 bits per heavy atom. The molecular formula is C10H14BrNO5S. The molecular weight excluding hydrogens is 326 g/mol. The third-order valence-corrected chi connectivity index (χ3v) is 5.02. The van der Waals surface area contributed by atoms with Crippen LogP contribution in [-0.4, -0.2) is 33.3 Å². The van der Waals surface area contributed by atoms with E-state index in [2.05, 4.69) is 20.7 Å². The number of hydrogen-bond acceptors (Lipinski definition) is 5. The van der Waals surface area contributed by atoms with Gasteiger partial charge in [-0.05, 0) is 28.3 Å². The van der Waals surface area contributed by atoms with Crippen LogP contribution in [-0.2, 0) is 21.4 Å². The molecule has 0 aliphatic carbocycles. The predicted molar refractivity (Wildman–Crippen MR) is 66.4 cm³/mol. The van der Waals surface area contributed by atoms with Crippen LogP contribution in [0.15, 0.2) is 20.0 Å². The maximum atomic E-state index is 12.0. The van der Waals surface area contributed by atoms with E-state index in [1.54, 1.807) is 0 Å². The second kappa shape index (κ2) is 5.70. The fourth-order valence-electron chi connectivity index (χ4n) is 1.71. The molecule has 1 unspecified atom stereocenters. The van der Waals surface area contributed by atoms with Gasteiger partial charge in [-0.2, -0.15) is 0 Å². The van der Waals surface area contributed by atoms with Gasteiger partial charge in [-0.3, -0.25) is 0 Å². The van der Waals surface area contributed by atoms with E-state index in [0.717, 1.165) is 6.42 Å². The number of nitrogens with one attached hydrogen (secondary N) is 1. The van der Waals surface area contributed by atoms with E-state index in [4.69, 9.17) is 14.3 Å². The number of sulfonamides is 1. The van der Waals surface area contributed by atoms with E-state index in [0.29, 0.717) is 19.8 Å². The van der Waals surface area contributed by atoms with Crippen molar-refractivity contribution in [1.82, 2.24) is 4.72 Å². The van der Waals surface area contributed by atoms with Crippen molar-refractivity contribution in [3.05, 3.63) is 16.5 Å². The first-order valence-electron chi connectivity index (χ1n) is 5.49. The number of aliphatic hydroxyl groups excluding tert-OH is 1. The van der Waals surface area contributed by atoms with E-state index < -0.39 is 10.0 Å². The summed E-state index contributed by atoms with van der Waals surface area (Å²) in [6, 6.07) is 1.30. The van der Waals surface area contributed by atoms with Crippen LogP contribution >= 0.6 is 15.9 Å². The van der Waals surface area contributed by atoms with Gasteiger partial charge in [0.1, 0.15) is 17.3 Å². The highest BCUT2D eigenvalue weighted by molar-refractivity contribution is 9.10. The summed E-state index contributed by atoms with van der Waals surface area (Å²) < 4.78 is 36.9. The molecule has 1 fully saturated rings. The fraction of sp³-hybridized carbons (Fsp3) is 0.600. The van der Waals surface area contributed by atoms with Gasteiger partial charge in [-0.1, -0.05) is 0 Å². The van der Waals surface area contributed by atoms with Crippen molar-refractivity contribution in [1.29, 1.82) is 0 Å². The summed E-state index contributed by atoms with van der Waals surface area (Å²) >= 11 is 3.03. The zero-order valence-electron chi connectivity index (χ0n) is 9.56. The van der Waals surface area contributed by atoms with Gasteiger partial charge in [0.25, 0.3) is 0 Å². The summed E-state index contributed by atoms with van der Waals surface area (Å²) in [4.78, 5) is 0.00506. The van der Waals surface area contributed by atoms with Crippen molar-refractivity contribution in [2.75, 3.05) is 19.8 Å². The van der Waals surface area contributed by atoms with Gasteiger partial charge in [0.15, 0.2) is 4.67 Å². The summed E-state index contributed by atoms with van der Waals surface area (Å²) in [5, 5.41) is 8.90. The van der Waals surface area contributed by atoms with Gasteiger partial charge < -0.3 is 14.3 Å². The molecule has 0 amide bonds. The Morgan fingerprint density at radius 3 is 2.89 bits per heavy atom. The zero-order chi connectivity index (χ0) is 13.2. The van der Waals surface area contributed by atoms with Crippen molar-refractivity contribution in [2.24, 2.45) is 5.92 Å². The summed E-state index contributed by atoms with van der Waals surface area (Å²) in [5.41, 5.74) is 0. The Balaban J connectivity index is 2.06. The lowest BCUT2D eigenvalue weighted by Gasteiger charge is -2.09. The molecule has 2 N–H and O–H groups in total. The smallest absolute Gasteiger partial charge is 0.244 e. The number of rotatable bonds is 5. The molecule has 6 nitrogen and oxygen atoms in total. The number of hydrogen-bond donors (Lipinski definition) is 2. The minimum absolute atomic E-state index is 0.00506. The molecule has 0 spiro atoms. The van der Waals surface area contributed by atoms with Crippen molar-refractivity contribution in [2.45, 2.75) is 17.9 Å². The van der Waals surface area contributed by atoms with E-state index in [1.807, 2.05) is 0 Å². The first kappa shape index (κ1) is 14.0. The lowest BCUT2D eigenvalue weighted by atomic mass is 10.1. The van der Waals surface area contributed by atoms with Crippen LogP contribution in [0.2, 0.25) is 0 Å². The molecule has 1 aromatic rings. The largest absolute Gasteiger partial charge is 0.450 e. The van der Waals surface area contributed by atoms with Crippen LogP contribution in [0, 0.1) is 5.92 Å². The van der Waals surface area contributed by atoms with Crippen molar-refractivity contribution < 1.29 is 22.7 Å². The van der Waals surface area contributed by atoms with Crippen molar-refractivity contribution >= 4 is 26.0 Å². The maximum absolute atomic E-state index is 12.0. The Bertz CT molecular complexity index is 506. The van der Waals surface area contributed by atoms with Gasteiger partial charge in [0.2, 0.25) is 10.0 Å².